The van der Waals surface area contributed by atoms with E-state index < -0.39 is 0 Å². The van der Waals surface area contributed by atoms with E-state index in [0.717, 1.165) is 16.5 Å². The number of aromatic nitrogens is 3. The number of anilines is 2. The lowest BCUT2D eigenvalue weighted by Gasteiger charge is -2.04. The fourth-order valence-electron chi connectivity index (χ4n) is 1.33. The van der Waals surface area contributed by atoms with Gasteiger partial charge in [0.05, 0.1) is 6.54 Å². The monoisotopic (exact) mass is 235 g/mol. The van der Waals surface area contributed by atoms with Crippen molar-refractivity contribution in [1.29, 1.82) is 0 Å². The Balaban J connectivity index is 2.04. The second-order valence-corrected chi connectivity index (χ2v) is 4.79. The molecular weight excluding hydrogens is 222 g/mol. The Morgan fingerprint density at radius 3 is 2.81 bits per heavy atom. The van der Waals surface area contributed by atoms with Crippen molar-refractivity contribution in [2.75, 3.05) is 11.1 Å². The van der Waals surface area contributed by atoms with Gasteiger partial charge in [0.2, 0.25) is 5.95 Å². The predicted molar refractivity (Wildman–Crippen MR) is 65.4 cm³/mol. The van der Waals surface area contributed by atoms with Crippen LogP contribution in [0.3, 0.4) is 0 Å². The number of hydrogen-bond acceptors (Lipinski definition) is 6. The number of nitrogens with two attached hydrogens (primary N) is 1. The van der Waals surface area contributed by atoms with E-state index in [9.17, 15) is 0 Å². The molecule has 2 rings (SSSR count). The highest BCUT2D eigenvalue weighted by atomic mass is 32.1. The molecule has 16 heavy (non-hydrogen) atoms. The maximum Gasteiger partial charge on any atom is 0.222 e. The Morgan fingerprint density at radius 2 is 2.19 bits per heavy atom. The van der Waals surface area contributed by atoms with Crippen molar-refractivity contribution in [2.45, 2.75) is 20.4 Å². The van der Waals surface area contributed by atoms with Crippen LogP contribution in [0.2, 0.25) is 0 Å². The summed E-state index contributed by atoms with van der Waals surface area (Å²) in [7, 11) is 0. The highest BCUT2D eigenvalue weighted by Gasteiger charge is 2.01. The molecule has 0 unspecified atom stereocenters. The minimum atomic E-state index is 0.290. The van der Waals surface area contributed by atoms with Crippen LogP contribution in [0.4, 0.5) is 11.8 Å². The Hall–Kier alpha value is -1.69. The average molecular weight is 235 g/mol. The number of hydrogen-bond donors (Lipinski definition) is 2. The number of nitrogen functional groups attached to an aromatic ring is 1. The molecule has 0 saturated heterocycles. The van der Waals surface area contributed by atoms with Crippen molar-refractivity contribution < 1.29 is 0 Å². The van der Waals surface area contributed by atoms with Crippen LogP contribution >= 0.6 is 11.3 Å². The maximum atomic E-state index is 5.56. The molecule has 0 aliphatic carbocycles. The molecule has 0 fully saturated rings. The Morgan fingerprint density at radius 1 is 1.38 bits per heavy atom. The summed E-state index contributed by atoms with van der Waals surface area (Å²) >= 11 is 1.67. The van der Waals surface area contributed by atoms with Crippen molar-refractivity contribution >= 4 is 23.1 Å². The van der Waals surface area contributed by atoms with Gasteiger partial charge in [-0.3, -0.25) is 0 Å². The zero-order chi connectivity index (χ0) is 11.5. The van der Waals surface area contributed by atoms with Crippen LogP contribution in [0.5, 0.6) is 0 Å². The Kier molecular flexibility index (Phi) is 3.00. The zero-order valence-corrected chi connectivity index (χ0v) is 10.0. The predicted octanol–water partition coefficient (Wildman–Crippen LogP) is 1.74. The molecule has 0 aliphatic heterocycles. The van der Waals surface area contributed by atoms with Crippen LogP contribution in [0.25, 0.3) is 0 Å². The van der Waals surface area contributed by atoms with E-state index in [1.165, 1.54) is 4.88 Å². The van der Waals surface area contributed by atoms with Crippen LogP contribution in [-0.4, -0.2) is 15.0 Å². The maximum absolute atomic E-state index is 5.56. The van der Waals surface area contributed by atoms with Gasteiger partial charge in [0.1, 0.15) is 10.8 Å². The van der Waals surface area contributed by atoms with Gasteiger partial charge in [0.15, 0.2) is 0 Å². The van der Waals surface area contributed by atoms with Gasteiger partial charge in [-0.2, -0.15) is 4.98 Å². The van der Waals surface area contributed by atoms with E-state index >= 15 is 0 Å². The van der Waals surface area contributed by atoms with Crippen LogP contribution in [0.1, 0.15) is 15.6 Å². The molecule has 5 nitrogen and oxygen atoms in total. The third-order valence-electron chi connectivity index (χ3n) is 1.96. The molecule has 0 saturated carbocycles. The van der Waals surface area contributed by atoms with Crippen LogP contribution < -0.4 is 11.1 Å². The molecule has 0 aromatic carbocycles. The number of rotatable bonds is 3. The lowest BCUT2D eigenvalue weighted by Crippen LogP contribution is -2.04. The highest BCUT2D eigenvalue weighted by Crippen LogP contribution is 2.13. The summed E-state index contributed by atoms with van der Waals surface area (Å²) in [5.41, 5.74) is 6.41. The first-order chi connectivity index (χ1) is 7.63. The molecule has 0 atom stereocenters. The molecule has 6 heteroatoms. The molecule has 0 radical (unpaired) electrons. The quantitative estimate of drug-likeness (QED) is 0.847. The molecular formula is C10H13N5S. The molecule has 2 heterocycles. The summed E-state index contributed by atoms with van der Waals surface area (Å²) in [4.78, 5) is 13.6. The lowest BCUT2D eigenvalue weighted by atomic mass is 10.4. The molecule has 3 N–H and O–H groups in total. The van der Waals surface area contributed by atoms with E-state index in [0.29, 0.717) is 6.54 Å². The van der Waals surface area contributed by atoms with Crippen molar-refractivity contribution in [2.24, 2.45) is 0 Å². The lowest BCUT2D eigenvalue weighted by molar-refractivity contribution is 1.05. The summed E-state index contributed by atoms with van der Waals surface area (Å²) in [6.07, 6.45) is 1.86. The molecule has 0 bridgehead atoms. The molecule has 2 aromatic rings. The first kappa shape index (κ1) is 10.8. The normalized spacial score (nSPS) is 10.4. The zero-order valence-electron chi connectivity index (χ0n) is 9.19. The van der Waals surface area contributed by atoms with Gasteiger partial charge < -0.3 is 11.1 Å². The molecule has 0 amide bonds. The minimum Gasteiger partial charge on any atom is -0.368 e. The molecule has 0 aliphatic rings. The fraction of sp³-hybridized carbons (Fsp3) is 0.300. The summed E-state index contributed by atoms with van der Waals surface area (Å²) in [5.74, 6) is 1.02. The number of aryl methyl sites for hydroxylation is 2. The first-order valence-corrected chi connectivity index (χ1v) is 5.71. The third-order valence-corrected chi connectivity index (χ3v) is 2.87. The largest absolute Gasteiger partial charge is 0.368 e. The standard InChI is InChI=1S/C10H13N5S/c1-6-3-8(15-10(11)14-6)12-5-9-13-4-7(2)16-9/h3-4H,5H2,1-2H3,(H3,11,12,14,15). The second-order valence-electron chi connectivity index (χ2n) is 3.47. The number of thiazole rings is 1. The van der Waals surface area contributed by atoms with E-state index in [-0.39, 0.29) is 5.95 Å². The SMILES string of the molecule is Cc1cc(NCc2ncc(C)s2)nc(N)n1. The van der Waals surface area contributed by atoms with Gasteiger partial charge in [0, 0.05) is 22.8 Å². The molecule has 2 aromatic heterocycles. The summed E-state index contributed by atoms with van der Waals surface area (Å²) in [5, 5.41) is 4.21. The third kappa shape index (κ3) is 2.66. The van der Waals surface area contributed by atoms with Crippen LogP contribution in [0, 0.1) is 13.8 Å². The van der Waals surface area contributed by atoms with Crippen molar-refractivity contribution in [1.82, 2.24) is 15.0 Å². The van der Waals surface area contributed by atoms with Crippen LogP contribution in [-0.2, 0) is 6.54 Å². The van der Waals surface area contributed by atoms with Gasteiger partial charge >= 0.3 is 0 Å². The van der Waals surface area contributed by atoms with E-state index in [2.05, 4.69) is 20.3 Å². The second kappa shape index (κ2) is 4.44. The van der Waals surface area contributed by atoms with Gasteiger partial charge in [-0.25, -0.2) is 9.97 Å². The van der Waals surface area contributed by atoms with E-state index in [4.69, 9.17) is 5.73 Å². The fourth-order valence-corrected chi connectivity index (χ4v) is 2.06. The van der Waals surface area contributed by atoms with Gasteiger partial charge in [-0.05, 0) is 13.8 Å². The van der Waals surface area contributed by atoms with Crippen molar-refractivity contribution in [3.8, 4) is 0 Å². The van der Waals surface area contributed by atoms with Crippen molar-refractivity contribution in [3.05, 3.63) is 27.8 Å². The van der Waals surface area contributed by atoms with Gasteiger partial charge in [0.25, 0.3) is 0 Å². The first-order valence-electron chi connectivity index (χ1n) is 4.90. The molecule has 84 valence electrons. The number of nitrogens with zero attached hydrogens (tertiary/aromatic N) is 3. The number of nitrogens with one attached hydrogen (secondary N) is 1. The molecule has 0 spiro atoms. The smallest absolute Gasteiger partial charge is 0.222 e. The van der Waals surface area contributed by atoms with Crippen molar-refractivity contribution in [3.63, 3.8) is 0 Å². The van der Waals surface area contributed by atoms with Crippen LogP contribution in [0.15, 0.2) is 12.3 Å². The highest BCUT2D eigenvalue weighted by molar-refractivity contribution is 7.11. The average Bonchev–Trinajstić information content (AvgIpc) is 2.60. The topological polar surface area (TPSA) is 76.7 Å². The summed E-state index contributed by atoms with van der Waals surface area (Å²) in [6, 6.07) is 1.86. The minimum absolute atomic E-state index is 0.290. The van der Waals surface area contributed by atoms with Gasteiger partial charge in [-0.1, -0.05) is 0 Å². The van der Waals surface area contributed by atoms with E-state index in [1.807, 2.05) is 26.1 Å². The summed E-state index contributed by atoms with van der Waals surface area (Å²) < 4.78 is 0. The van der Waals surface area contributed by atoms with E-state index in [1.54, 1.807) is 11.3 Å². The Bertz CT molecular complexity index is 473. The Labute approximate surface area is 97.8 Å². The van der Waals surface area contributed by atoms with Gasteiger partial charge in [-0.15, -0.1) is 11.3 Å². The summed E-state index contributed by atoms with van der Waals surface area (Å²) in [6.45, 7) is 4.58.